The second-order valence-corrected chi connectivity index (χ2v) is 7.17. The van der Waals surface area contributed by atoms with Crippen LogP contribution in [0.2, 0.25) is 5.02 Å². The maximum Gasteiger partial charge on any atom is 0.341 e. The van der Waals surface area contributed by atoms with Gasteiger partial charge in [-0.15, -0.1) is 0 Å². The Kier molecular flexibility index (Phi) is 6.49. The predicted octanol–water partition coefficient (Wildman–Crippen LogP) is 3.09. The maximum atomic E-state index is 14.7. The SMILES string of the molecule is Cn1c(C(C)(F)F)cc(=O)n(-c2cc(Oc3cccnc3OCC(=O)O)c(Cl)cc2F)c1=O. The molecule has 33 heavy (non-hydrogen) atoms. The van der Waals surface area contributed by atoms with Gasteiger partial charge in [0.2, 0.25) is 0 Å². The number of pyridine rings is 1. The number of rotatable bonds is 7. The van der Waals surface area contributed by atoms with E-state index in [1.54, 1.807) is 0 Å². The molecule has 0 spiro atoms. The summed E-state index contributed by atoms with van der Waals surface area (Å²) in [7, 11) is 1.01. The van der Waals surface area contributed by atoms with E-state index in [0.29, 0.717) is 22.1 Å². The lowest BCUT2D eigenvalue weighted by atomic mass is 10.2. The van der Waals surface area contributed by atoms with Crippen LogP contribution in [0.15, 0.2) is 46.1 Å². The molecule has 0 unspecified atom stereocenters. The van der Waals surface area contributed by atoms with Crippen LogP contribution in [0.4, 0.5) is 13.2 Å². The summed E-state index contributed by atoms with van der Waals surface area (Å²) in [6.45, 7) is -0.214. The Balaban J connectivity index is 2.12. The third kappa shape index (κ3) is 5.00. The first-order valence-electron chi connectivity index (χ1n) is 9.08. The number of aliphatic carboxylic acids is 1. The molecule has 1 N–H and O–H groups in total. The van der Waals surface area contributed by atoms with Crippen molar-refractivity contribution in [2.75, 3.05) is 6.61 Å². The Morgan fingerprint density at radius 3 is 2.58 bits per heavy atom. The first kappa shape index (κ1) is 23.9. The van der Waals surface area contributed by atoms with Crippen LogP contribution in [0.25, 0.3) is 5.69 Å². The summed E-state index contributed by atoms with van der Waals surface area (Å²) in [6.07, 6.45) is 1.30. The van der Waals surface area contributed by atoms with Gasteiger partial charge in [-0.25, -0.2) is 32.3 Å². The van der Waals surface area contributed by atoms with E-state index in [1.807, 2.05) is 0 Å². The molecule has 1 aromatic carbocycles. The van der Waals surface area contributed by atoms with Crippen molar-refractivity contribution in [2.45, 2.75) is 12.8 Å². The van der Waals surface area contributed by atoms with E-state index < -0.39 is 46.9 Å². The largest absolute Gasteiger partial charge is 0.479 e. The van der Waals surface area contributed by atoms with E-state index in [2.05, 4.69) is 4.98 Å². The Morgan fingerprint density at radius 2 is 1.94 bits per heavy atom. The van der Waals surface area contributed by atoms with Crippen molar-refractivity contribution in [1.29, 1.82) is 0 Å². The Hall–Kier alpha value is -3.80. The molecule has 2 aromatic heterocycles. The number of carboxylic acid groups (broad SMARTS) is 1. The maximum absolute atomic E-state index is 14.7. The zero-order valence-electron chi connectivity index (χ0n) is 17.0. The van der Waals surface area contributed by atoms with Gasteiger partial charge in [0.05, 0.1) is 16.4 Å². The zero-order valence-corrected chi connectivity index (χ0v) is 17.8. The van der Waals surface area contributed by atoms with E-state index >= 15 is 0 Å². The fraction of sp³-hybridized carbons (Fsp3) is 0.200. The van der Waals surface area contributed by atoms with Crippen molar-refractivity contribution < 1.29 is 32.5 Å². The minimum absolute atomic E-state index is 0.0977. The first-order valence-corrected chi connectivity index (χ1v) is 9.46. The Morgan fingerprint density at radius 1 is 1.24 bits per heavy atom. The smallest absolute Gasteiger partial charge is 0.341 e. The van der Waals surface area contributed by atoms with Crippen molar-refractivity contribution in [1.82, 2.24) is 14.1 Å². The molecule has 0 aliphatic carbocycles. The van der Waals surface area contributed by atoms with Gasteiger partial charge in [0, 0.05) is 32.3 Å². The second kappa shape index (κ2) is 8.98. The zero-order chi connectivity index (χ0) is 24.5. The molecule has 13 heteroatoms. The van der Waals surface area contributed by atoms with Gasteiger partial charge in [-0.3, -0.25) is 9.36 Å². The monoisotopic (exact) mass is 485 g/mol. The van der Waals surface area contributed by atoms with E-state index in [1.165, 1.54) is 18.3 Å². The highest BCUT2D eigenvalue weighted by atomic mass is 35.5. The summed E-state index contributed by atoms with van der Waals surface area (Å²) in [5.41, 5.74) is -3.88. The summed E-state index contributed by atoms with van der Waals surface area (Å²) >= 11 is 6.02. The van der Waals surface area contributed by atoms with Crippen molar-refractivity contribution in [3.8, 4) is 23.1 Å². The van der Waals surface area contributed by atoms with Crippen LogP contribution in [-0.4, -0.2) is 31.8 Å². The number of nitrogens with zero attached hydrogens (tertiary/aromatic N) is 3. The minimum Gasteiger partial charge on any atom is -0.479 e. The predicted molar refractivity (Wildman–Crippen MR) is 109 cm³/mol. The molecule has 0 saturated carbocycles. The van der Waals surface area contributed by atoms with Crippen LogP contribution in [0, 0.1) is 5.82 Å². The third-order valence-corrected chi connectivity index (χ3v) is 4.60. The van der Waals surface area contributed by atoms with Crippen LogP contribution >= 0.6 is 11.6 Å². The minimum atomic E-state index is -3.49. The Bertz CT molecular complexity index is 1350. The number of hydrogen-bond donors (Lipinski definition) is 1. The van der Waals surface area contributed by atoms with Crippen molar-refractivity contribution in [3.05, 3.63) is 73.9 Å². The molecule has 0 aliphatic heterocycles. The van der Waals surface area contributed by atoms with Crippen LogP contribution in [0.5, 0.6) is 17.4 Å². The average Bonchev–Trinajstić information content (AvgIpc) is 2.72. The summed E-state index contributed by atoms with van der Waals surface area (Å²) in [5.74, 6) is -6.43. The molecule has 9 nitrogen and oxygen atoms in total. The Labute approximate surface area is 188 Å². The van der Waals surface area contributed by atoms with Gasteiger partial charge >= 0.3 is 11.7 Å². The highest BCUT2D eigenvalue weighted by molar-refractivity contribution is 6.32. The number of aromatic nitrogens is 3. The van der Waals surface area contributed by atoms with Gasteiger partial charge in [-0.05, 0) is 18.2 Å². The van der Waals surface area contributed by atoms with Crippen LogP contribution in [-0.2, 0) is 17.8 Å². The number of halogens is 4. The van der Waals surface area contributed by atoms with Crippen molar-refractivity contribution >= 4 is 17.6 Å². The van der Waals surface area contributed by atoms with Crippen molar-refractivity contribution in [2.24, 2.45) is 7.05 Å². The molecule has 0 bridgehead atoms. The van der Waals surface area contributed by atoms with E-state index in [4.69, 9.17) is 26.2 Å². The quantitative estimate of drug-likeness (QED) is 0.547. The third-order valence-electron chi connectivity index (χ3n) is 4.30. The molecule has 0 aliphatic rings. The topological polar surface area (TPSA) is 113 Å². The molecule has 3 aromatic rings. The summed E-state index contributed by atoms with van der Waals surface area (Å²) in [4.78, 5) is 39.7. The number of carbonyl (C=O) groups is 1. The van der Waals surface area contributed by atoms with E-state index in [-0.39, 0.29) is 22.4 Å². The van der Waals surface area contributed by atoms with Crippen LogP contribution < -0.4 is 20.7 Å². The summed E-state index contributed by atoms with van der Waals surface area (Å²) in [6, 6.07) is 4.99. The normalized spacial score (nSPS) is 11.3. The number of benzene rings is 1. The number of ether oxygens (including phenoxy) is 2. The first-order chi connectivity index (χ1) is 15.4. The van der Waals surface area contributed by atoms with E-state index in [9.17, 15) is 27.6 Å². The molecule has 0 amide bonds. The van der Waals surface area contributed by atoms with Crippen LogP contribution in [0.1, 0.15) is 12.6 Å². The molecule has 0 saturated heterocycles. The lowest BCUT2D eigenvalue weighted by Crippen LogP contribution is -2.41. The standard InChI is InChI=1S/C20H15ClF3N3O6/c1-20(23,24)15-8-16(28)27(19(31)26(15)2)12-7-14(10(21)6-11(12)22)33-13-4-3-5-25-18(13)32-9-17(29)30/h3-8H,9H2,1-2H3,(H,29,30). The number of hydrogen-bond acceptors (Lipinski definition) is 6. The molecule has 0 radical (unpaired) electrons. The molecule has 2 heterocycles. The summed E-state index contributed by atoms with van der Waals surface area (Å²) < 4.78 is 53.6. The average molecular weight is 486 g/mol. The highest BCUT2D eigenvalue weighted by Gasteiger charge is 2.30. The summed E-state index contributed by atoms with van der Waals surface area (Å²) in [5, 5.41) is 8.50. The molecule has 174 valence electrons. The second-order valence-electron chi connectivity index (χ2n) is 6.76. The van der Waals surface area contributed by atoms with Gasteiger partial charge in [0.15, 0.2) is 12.4 Å². The molecular formula is C20H15ClF3N3O6. The lowest BCUT2D eigenvalue weighted by molar-refractivity contribution is -0.139. The van der Waals surface area contributed by atoms with Gasteiger partial charge < -0.3 is 14.6 Å². The molecular weight excluding hydrogens is 471 g/mol. The van der Waals surface area contributed by atoms with Gasteiger partial charge in [-0.1, -0.05) is 11.6 Å². The lowest BCUT2D eigenvalue weighted by Gasteiger charge is -2.17. The molecule has 0 atom stereocenters. The van der Waals surface area contributed by atoms with Crippen molar-refractivity contribution in [3.63, 3.8) is 0 Å². The van der Waals surface area contributed by atoms with Crippen LogP contribution in [0.3, 0.4) is 0 Å². The van der Waals surface area contributed by atoms with E-state index in [0.717, 1.165) is 19.2 Å². The fourth-order valence-corrected chi connectivity index (χ4v) is 3.04. The highest BCUT2D eigenvalue weighted by Crippen LogP contribution is 2.36. The fourth-order valence-electron chi connectivity index (χ4n) is 2.85. The number of alkyl halides is 2. The molecule has 0 fully saturated rings. The van der Waals surface area contributed by atoms with Gasteiger partial charge in [-0.2, -0.15) is 0 Å². The number of carboxylic acids is 1. The molecule has 3 rings (SSSR count). The van der Waals surface area contributed by atoms with Gasteiger partial charge in [0.1, 0.15) is 11.6 Å². The van der Waals surface area contributed by atoms with Gasteiger partial charge in [0.25, 0.3) is 17.4 Å².